The molecule has 0 saturated carbocycles. The molecule has 0 bridgehead atoms. The fourth-order valence-electron chi connectivity index (χ4n) is 5.87. The van der Waals surface area contributed by atoms with E-state index < -0.39 is 12.0 Å². The largest absolute Gasteiger partial charge is 0.508 e. The predicted octanol–water partition coefficient (Wildman–Crippen LogP) is 4.78. The maximum absolute atomic E-state index is 12.6. The molecule has 11 heteroatoms. The minimum Gasteiger partial charge on any atom is -0.508 e. The van der Waals surface area contributed by atoms with Crippen molar-refractivity contribution >= 4 is 34.1 Å². The standard InChI is InChI=1S/C35H39N7O4/c1-3-27-24(19-37-21(2)32(44)22-9-13-26(43)14-10-22)5-4-6-29(27)39-30-28(33(36)45)20-38-35-31(30)40-34(41-35)23-7-11-25(12-8-23)42-15-17-46-18-16-42/h4-14,20-21,32,37,43-44H,3,15-19H2,1-2H3,(H2,36,45)(H2,38,39,40,41)/t21-,32+/m1/s1. The minimum absolute atomic E-state index is 0.156. The van der Waals surface area contributed by atoms with Crippen molar-refractivity contribution in [3.8, 4) is 17.1 Å². The molecule has 2 aromatic heterocycles. The number of benzene rings is 3. The number of fused-ring (bicyclic) bond motifs is 1. The average Bonchev–Trinajstić information content (AvgIpc) is 3.53. The Morgan fingerprint density at radius 1 is 1.09 bits per heavy atom. The molecule has 1 saturated heterocycles. The maximum Gasteiger partial charge on any atom is 0.252 e. The van der Waals surface area contributed by atoms with Gasteiger partial charge >= 0.3 is 0 Å². The van der Waals surface area contributed by atoms with Crippen LogP contribution < -0.4 is 21.3 Å². The molecule has 5 aromatic rings. The molecule has 1 fully saturated rings. The number of hydrogen-bond acceptors (Lipinski definition) is 9. The van der Waals surface area contributed by atoms with Crippen LogP contribution in [0.1, 0.15) is 47.0 Å². The molecular formula is C35H39N7O4. The zero-order chi connectivity index (χ0) is 32.2. The number of amides is 1. The van der Waals surface area contributed by atoms with E-state index in [1.54, 1.807) is 24.3 Å². The van der Waals surface area contributed by atoms with Crippen LogP contribution in [-0.2, 0) is 17.7 Å². The first-order valence-electron chi connectivity index (χ1n) is 15.5. The number of aliphatic hydroxyl groups is 1. The predicted molar refractivity (Wildman–Crippen MR) is 179 cm³/mol. The number of pyridine rings is 1. The lowest BCUT2D eigenvalue weighted by molar-refractivity contribution is 0.100. The van der Waals surface area contributed by atoms with Crippen LogP contribution in [0.2, 0.25) is 0 Å². The number of hydrogen-bond donors (Lipinski definition) is 6. The molecule has 1 amide bonds. The third kappa shape index (κ3) is 6.52. The first-order chi connectivity index (χ1) is 22.3. The molecule has 46 heavy (non-hydrogen) atoms. The van der Waals surface area contributed by atoms with Gasteiger partial charge in [0.05, 0.1) is 30.6 Å². The SMILES string of the molecule is CCc1c(CN[C@H](C)[C@H](O)c2ccc(O)cc2)cccc1Nc1c(C(N)=O)cnc2nc(-c3ccc(N4CCOCC4)cc3)[nH]c12. The number of anilines is 3. The highest BCUT2D eigenvalue weighted by Gasteiger charge is 2.21. The number of aromatic nitrogens is 3. The number of nitrogens with two attached hydrogens (primary N) is 1. The number of rotatable bonds is 11. The monoisotopic (exact) mass is 621 g/mol. The summed E-state index contributed by atoms with van der Waals surface area (Å²) in [5.41, 5.74) is 13.3. The van der Waals surface area contributed by atoms with E-state index >= 15 is 0 Å². The molecule has 1 aliphatic rings. The number of aromatic hydroxyl groups is 1. The van der Waals surface area contributed by atoms with Crippen molar-refractivity contribution in [3.63, 3.8) is 0 Å². The molecule has 6 rings (SSSR count). The van der Waals surface area contributed by atoms with Gasteiger partial charge in [-0.1, -0.05) is 31.2 Å². The number of nitrogens with one attached hydrogen (secondary N) is 3. The lowest BCUT2D eigenvalue weighted by Gasteiger charge is -2.28. The number of phenolic OH excluding ortho intramolecular Hbond substituents is 1. The number of primary amides is 1. The number of carbonyl (C=O) groups excluding carboxylic acids is 1. The highest BCUT2D eigenvalue weighted by molar-refractivity contribution is 6.06. The van der Waals surface area contributed by atoms with E-state index in [0.717, 1.165) is 66.4 Å². The van der Waals surface area contributed by atoms with Crippen LogP contribution in [-0.4, -0.2) is 63.4 Å². The number of phenols is 1. The third-order valence-electron chi connectivity index (χ3n) is 8.51. The molecule has 3 heterocycles. The first-order valence-corrected chi connectivity index (χ1v) is 15.5. The van der Waals surface area contributed by atoms with Gasteiger partial charge in [-0.2, -0.15) is 0 Å². The molecule has 0 aliphatic carbocycles. The topological polar surface area (TPSA) is 162 Å². The maximum atomic E-state index is 12.6. The van der Waals surface area contributed by atoms with Crippen molar-refractivity contribution in [2.75, 3.05) is 36.5 Å². The van der Waals surface area contributed by atoms with Crippen molar-refractivity contribution in [1.82, 2.24) is 20.3 Å². The number of aromatic amines is 1. The molecule has 238 valence electrons. The molecule has 2 atom stereocenters. The Balaban J connectivity index is 1.26. The summed E-state index contributed by atoms with van der Waals surface area (Å²) in [5, 5.41) is 27.4. The Bertz CT molecular complexity index is 1820. The van der Waals surface area contributed by atoms with Crippen molar-refractivity contribution < 1.29 is 19.7 Å². The molecule has 0 spiro atoms. The van der Waals surface area contributed by atoms with E-state index in [0.29, 0.717) is 29.2 Å². The van der Waals surface area contributed by atoms with Gasteiger partial charge in [-0.3, -0.25) is 4.79 Å². The number of aliphatic hydroxyl groups excluding tert-OH is 1. The fraction of sp³-hybridized carbons (Fsp3) is 0.286. The van der Waals surface area contributed by atoms with Crippen molar-refractivity contribution in [2.24, 2.45) is 5.73 Å². The van der Waals surface area contributed by atoms with Crippen LogP contribution in [0.4, 0.5) is 17.1 Å². The van der Waals surface area contributed by atoms with Crippen LogP contribution in [0.25, 0.3) is 22.6 Å². The third-order valence-corrected chi connectivity index (χ3v) is 8.51. The number of carbonyl (C=O) groups is 1. The van der Waals surface area contributed by atoms with E-state index in [9.17, 15) is 15.0 Å². The Morgan fingerprint density at radius 2 is 1.83 bits per heavy atom. The van der Waals surface area contributed by atoms with Gasteiger partial charge in [0.1, 0.15) is 17.1 Å². The summed E-state index contributed by atoms with van der Waals surface area (Å²) >= 11 is 0. The Morgan fingerprint density at radius 3 is 2.52 bits per heavy atom. The zero-order valence-electron chi connectivity index (χ0n) is 26.0. The highest BCUT2D eigenvalue weighted by atomic mass is 16.5. The minimum atomic E-state index is -0.750. The van der Waals surface area contributed by atoms with Gasteiger partial charge in [0, 0.05) is 48.8 Å². The summed E-state index contributed by atoms with van der Waals surface area (Å²) in [6.07, 6.45) is 1.43. The molecule has 3 aromatic carbocycles. The Kier molecular flexibility index (Phi) is 9.16. The number of H-pyrrole nitrogens is 1. The number of imidazole rings is 1. The van der Waals surface area contributed by atoms with Crippen LogP contribution in [0.3, 0.4) is 0 Å². The van der Waals surface area contributed by atoms with E-state index in [-0.39, 0.29) is 17.4 Å². The molecule has 7 N–H and O–H groups in total. The fourth-order valence-corrected chi connectivity index (χ4v) is 5.87. The summed E-state index contributed by atoms with van der Waals surface area (Å²) in [6, 6.07) is 20.5. The van der Waals surface area contributed by atoms with Crippen molar-refractivity contribution in [1.29, 1.82) is 0 Å². The van der Waals surface area contributed by atoms with E-state index in [1.165, 1.54) is 6.20 Å². The average molecular weight is 622 g/mol. The van der Waals surface area contributed by atoms with Crippen molar-refractivity contribution in [2.45, 2.75) is 39.0 Å². The van der Waals surface area contributed by atoms with Gasteiger partial charge in [-0.15, -0.1) is 0 Å². The smallest absolute Gasteiger partial charge is 0.252 e. The van der Waals surface area contributed by atoms with Crippen LogP contribution in [0, 0.1) is 0 Å². The summed E-state index contributed by atoms with van der Waals surface area (Å²) in [5.74, 6) is 0.190. The highest BCUT2D eigenvalue weighted by Crippen LogP contribution is 2.33. The Hall–Kier alpha value is -4.97. The second-order valence-corrected chi connectivity index (χ2v) is 11.5. The van der Waals surface area contributed by atoms with Crippen LogP contribution in [0.5, 0.6) is 5.75 Å². The zero-order valence-corrected chi connectivity index (χ0v) is 26.0. The van der Waals surface area contributed by atoms with Gasteiger partial charge in [-0.05, 0) is 72.5 Å². The van der Waals surface area contributed by atoms with Gasteiger partial charge in [0.2, 0.25) is 0 Å². The van der Waals surface area contributed by atoms with Crippen LogP contribution in [0.15, 0.2) is 72.9 Å². The lowest BCUT2D eigenvalue weighted by atomic mass is 10.00. The van der Waals surface area contributed by atoms with Crippen LogP contribution >= 0.6 is 0 Å². The quantitative estimate of drug-likeness (QED) is 0.122. The summed E-state index contributed by atoms with van der Waals surface area (Å²) in [4.78, 5) is 27.4. The second kappa shape index (κ2) is 13.6. The normalized spacial score (nSPS) is 14.7. The van der Waals surface area contributed by atoms with Gasteiger partial charge in [-0.25, -0.2) is 9.97 Å². The summed E-state index contributed by atoms with van der Waals surface area (Å²) in [6.45, 7) is 7.66. The van der Waals surface area contributed by atoms with Gasteiger partial charge < -0.3 is 41.2 Å². The summed E-state index contributed by atoms with van der Waals surface area (Å²) in [7, 11) is 0. The molecule has 0 radical (unpaired) electrons. The first kappa shape index (κ1) is 31.0. The van der Waals surface area contributed by atoms with E-state index in [4.69, 9.17) is 15.5 Å². The Labute approximate surface area is 267 Å². The number of ether oxygens (including phenoxy) is 1. The molecular weight excluding hydrogens is 582 g/mol. The second-order valence-electron chi connectivity index (χ2n) is 11.5. The number of morpholine rings is 1. The lowest BCUT2D eigenvalue weighted by Crippen LogP contribution is -2.36. The van der Waals surface area contributed by atoms with Gasteiger partial charge in [0.15, 0.2) is 5.65 Å². The van der Waals surface area contributed by atoms with Crippen molar-refractivity contribution in [3.05, 3.63) is 95.2 Å². The van der Waals surface area contributed by atoms with E-state index in [1.807, 2.05) is 37.3 Å². The molecule has 0 unspecified atom stereocenters. The molecule has 11 nitrogen and oxygen atoms in total. The number of nitrogens with zero attached hydrogens (tertiary/aromatic N) is 3. The van der Waals surface area contributed by atoms with E-state index in [2.05, 4.69) is 44.6 Å². The van der Waals surface area contributed by atoms with Gasteiger partial charge in [0.25, 0.3) is 5.91 Å². The molecule has 1 aliphatic heterocycles. The summed E-state index contributed by atoms with van der Waals surface area (Å²) < 4.78 is 5.48.